The number of nitrogens with one attached hydrogen (secondary N) is 1. The fraction of sp³-hybridized carbons (Fsp3) is 0.455. The molecule has 9 heteroatoms. The number of imidazole rings is 1. The minimum absolute atomic E-state index is 0.192. The number of nitrogens with zero attached hydrogens (tertiary/aromatic N) is 5. The van der Waals surface area contributed by atoms with E-state index in [0.29, 0.717) is 12.6 Å². The van der Waals surface area contributed by atoms with Gasteiger partial charge in [-0.2, -0.15) is 15.0 Å². The summed E-state index contributed by atoms with van der Waals surface area (Å²) >= 11 is 0. The number of hydrogen-bond acceptors (Lipinski definition) is 8. The fourth-order valence-corrected chi connectivity index (χ4v) is 1.52. The summed E-state index contributed by atoms with van der Waals surface area (Å²) in [6.07, 6.45) is 7.36. The van der Waals surface area contributed by atoms with E-state index in [1.807, 2.05) is 0 Å². The Morgan fingerprint density at radius 3 is 2.85 bits per heavy atom. The van der Waals surface area contributed by atoms with E-state index in [4.69, 9.17) is 15.7 Å². The van der Waals surface area contributed by atoms with Crippen molar-refractivity contribution in [2.24, 2.45) is 5.84 Å². The molecular formula is C11H17N7O2. The van der Waals surface area contributed by atoms with Gasteiger partial charge in [-0.1, -0.05) is 0 Å². The lowest BCUT2D eigenvalue weighted by Crippen LogP contribution is -2.14. The van der Waals surface area contributed by atoms with Crippen molar-refractivity contribution in [3.8, 4) is 12.0 Å². The summed E-state index contributed by atoms with van der Waals surface area (Å²) in [4.78, 5) is 16.2. The molecule has 2 aromatic rings. The quantitative estimate of drug-likeness (QED) is 0.347. The van der Waals surface area contributed by atoms with Gasteiger partial charge in [0.05, 0.1) is 6.61 Å². The Hall–Kier alpha value is -2.26. The standard InChI is InChI=1S/C11H17N7O2/c12-17-9-14-10(18-5-4-13-8-18)16-11(15-9)20-7-3-1-2-6-19/h4-5,8,19H,1-3,6-7,12H2,(H,14,15,16,17). The maximum atomic E-state index is 8.69. The zero-order valence-corrected chi connectivity index (χ0v) is 10.9. The minimum atomic E-state index is 0.192. The van der Waals surface area contributed by atoms with Crippen LogP contribution in [0.4, 0.5) is 5.95 Å². The van der Waals surface area contributed by atoms with Gasteiger partial charge in [-0.3, -0.25) is 9.99 Å². The zero-order chi connectivity index (χ0) is 14.2. The summed E-state index contributed by atoms with van der Waals surface area (Å²) in [5.74, 6) is 5.91. The van der Waals surface area contributed by atoms with Crippen molar-refractivity contribution >= 4 is 5.95 Å². The van der Waals surface area contributed by atoms with Crippen molar-refractivity contribution in [1.29, 1.82) is 0 Å². The van der Waals surface area contributed by atoms with Gasteiger partial charge in [0.1, 0.15) is 6.33 Å². The first-order valence-corrected chi connectivity index (χ1v) is 6.28. The van der Waals surface area contributed by atoms with E-state index in [2.05, 4.69) is 25.4 Å². The third kappa shape index (κ3) is 3.87. The first-order chi connectivity index (χ1) is 9.83. The second-order valence-electron chi connectivity index (χ2n) is 3.99. The van der Waals surface area contributed by atoms with Crippen LogP contribution >= 0.6 is 0 Å². The van der Waals surface area contributed by atoms with Crippen molar-refractivity contribution in [3.05, 3.63) is 18.7 Å². The summed E-state index contributed by atoms with van der Waals surface area (Å²) in [7, 11) is 0. The van der Waals surface area contributed by atoms with E-state index in [9.17, 15) is 0 Å². The van der Waals surface area contributed by atoms with E-state index >= 15 is 0 Å². The number of nitrogen functional groups attached to an aromatic ring is 1. The van der Waals surface area contributed by atoms with Gasteiger partial charge in [0.25, 0.3) is 0 Å². The Morgan fingerprint density at radius 1 is 1.25 bits per heavy atom. The molecule has 2 aromatic heterocycles. The molecule has 0 amide bonds. The van der Waals surface area contributed by atoms with Crippen LogP contribution in [0.1, 0.15) is 19.3 Å². The van der Waals surface area contributed by atoms with E-state index in [1.54, 1.807) is 23.3 Å². The third-order valence-corrected chi connectivity index (χ3v) is 2.50. The van der Waals surface area contributed by atoms with Crippen LogP contribution in [0.25, 0.3) is 5.95 Å². The number of anilines is 1. The molecule has 0 saturated heterocycles. The van der Waals surface area contributed by atoms with Gasteiger partial charge in [0.15, 0.2) is 0 Å². The molecule has 0 radical (unpaired) electrons. The summed E-state index contributed by atoms with van der Waals surface area (Å²) in [6, 6.07) is 0.195. The molecule has 0 unspecified atom stereocenters. The summed E-state index contributed by atoms with van der Waals surface area (Å²) in [5.41, 5.74) is 2.37. The van der Waals surface area contributed by atoms with Crippen LogP contribution in [0, 0.1) is 0 Å². The van der Waals surface area contributed by atoms with Crippen LogP contribution < -0.4 is 16.0 Å². The number of hydrogen-bond donors (Lipinski definition) is 3. The Balaban J connectivity index is 2.03. The first-order valence-electron chi connectivity index (χ1n) is 6.28. The Kier molecular flexibility index (Phi) is 5.21. The van der Waals surface area contributed by atoms with E-state index in [1.165, 1.54) is 0 Å². The Morgan fingerprint density at radius 2 is 2.15 bits per heavy atom. The lowest BCUT2D eigenvalue weighted by Gasteiger charge is -2.07. The van der Waals surface area contributed by atoms with Gasteiger partial charge in [-0.15, -0.1) is 0 Å². The third-order valence-electron chi connectivity index (χ3n) is 2.50. The molecule has 0 aliphatic carbocycles. The molecule has 0 fully saturated rings. The molecule has 20 heavy (non-hydrogen) atoms. The van der Waals surface area contributed by atoms with Crippen molar-refractivity contribution in [3.63, 3.8) is 0 Å². The molecule has 0 atom stereocenters. The minimum Gasteiger partial charge on any atom is -0.463 e. The number of ether oxygens (including phenoxy) is 1. The number of hydrazine groups is 1. The number of nitrogens with two attached hydrogens (primary N) is 1. The summed E-state index contributed by atoms with van der Waals surface area (Å²) in [5, 5.41) is 8.69. The fourth-order valence-electron chi connectivity index (χ4n) is 1.52. The van der Waals surface area contributed by atoms with E-state index in [-0.39, 0.29) is 18.6 Å². The van der Waals surface area contributed by atoms with Gasteiger partial charge in [-0.05, 0) is 19.3 Å². The van der Waals surface area contributed by atoms with Gasteiger partial charge in [-0.25, -0.2) is 10.8 Å². The molecule has 108 valence electrons. The summed E-state index contributed by atoms with van der Waals surface area (Å²) < 4.78 is 7.09. The highest BCUT2D eigenvalue weighted by Gasteiger charge is 2.08. The highest BCUT2D eigenvalue weighted by molar-refractivity contribution is 5.28. The second kappa shape index (κ2) is 7.36. The van der Waals surface area contributed by atoms with Gasteiger partial charge < -0.3 is 9.84 Å². The molecule has 0 bridgehead atoms. The predicted molar refractivity (Wildman–Crippen MR) is 71.2 cm³/mol. The van der Waals surface area contributed by atoms with E-state index < -0.39 is 0 Å². The molecule has 0 spiro atoms. The largest absolute Gasteiger partial charge is 0.463 e. The Bertz CT molecular complexity index is 517. The maximum absolute atomic E-state index is 8.69. The van der Waals surface area contributed by atoms with Crippen LogP contribution in [0.3, 0.4) is 0 Å². The monoisotopic (exact) mass is 279 g/mol. The zero-order valence-electron chi connectivity index (χ0n) is 10.9. The van der Waals surface area contributed by atoms with Crippen LogP contribution in [0.5, 0.6) is 6.01 Å². The van der Waals surface area contributed by atoms with Crippen LogP contribution in [-0.2, 0) is 0 Å². The molecule has 0 aliphatic heterocycles. The average molecular weight is 279 g/mol. The number of aromatic nitrogens is 5. The van der Waals surface area contributed by atoms with E-state index in [0.717, 1.165) is 19.3 Å². The van der Waals surface area contributed by atoms with Gasteiger partial charge >= 0.3 is 6.01 Å². The normalized spacial score (nSPS) is 10.5. The molecule has 2 heterocycles. The van der Waals surface area contributed by atoms with Gasteiger partial charge in [0, 0.05) is 19.0 Å². The van der Waals surface area contributed by atoms with Gasteiger partial charge in [0.2, 0.25) is 11.9 Å². The van der Waals surface area contributed by atoms with Crippen LogP contribution in [-0.4, -0.2) is 42.8 Å². The molecule has 9 nitrogen and oxygen atoms in total. The smallest absolute Gasteiger partial charge is 0.323 e. The Labute approximate surface area is 115 Å². The molecule has 2 rings (SSSR count). The first kappa shape index (κ1) is 14.2. The topological polar surface area (TPSA) is 124 Å². The number of aliphatic hydroxyl groups excluding tert-OH is 1. The molecule has 0 aromatic carbocycles. The van der Waals surface area contributed by atoms with Crippen LogP contribution in [0.2, 0.25) is 0 Å². The average Bonchev–Trinajstić information content (AvgIpc) is 3.01. The summed E-state index contributed by atoms with van der Waals surface area (Å²) in [6.45, 7) is 0.662. The molecular weight excluding hydrogens is 262 g/mol. The molecule has 0 saturated carbocycles. The predicted octanol–water partition coefficient (Wildman–Crippen LogP) is -0.116. The molecule has 0 aliphatic rings. The van der Waals surface area contributed by atoms with Crippen molar-refractivity contribution in [2.45, 2.75) is 19.3 Å². The second-order valence-corrected chi connectivity index (χ2v) is 3.99. The van der Waals surface area contributed by atoms with Crippen molar-refractivity contribution in [2.75, 3.05) is 18.6 Å². The molecule has 4 N–H and O–H groups in total. The maximum Gasteiger partial charge on any atom is 0.323 e. The lowest BCUT2D eigenvalue weighted by molar-refractivity contribution is 0.257. The number of rotatable bonds is 8. The van der Waals surface area contributed by atoms with Crippen LogP contribution in [0.15, 0.2) is 18.7 Å². The lowest BCUT2D eigenvalue weighted by atomic mass is 10.2. The van der Waals surface area contributed by atoms with Crippen molar-refractivity contribution in [1.82, 2.24) is 24.5 Å². The number of aliphatic hydroxyl groups is 1. The highest BCUT2D eigenvalue weighted by Crippen LogP contribution is 2.10. The van der Waals surface area contributed by atoms with Crippen molar-refractivity contribution < 1.29 is 9.84 Å². The SMILES string of the molecule is NNc1nc(OCCCCCO)nc(-n2ccnc2)n1. The highest BCUT2D eigenvalue weighted by atomic mass is 16.5. The number of unbranched alkanes of at least 4 members (excludes halogenated alkanes) is 2.